The molecule has 2 unspecified atom stereocenters. The van der Waals surface area contributed by atoms with Gasteiger partial charge in [0.25, 0.3) is 0 Å². The van der Waals surface area contributed by atoms with Crippen LogP contribution in [0.1, 0.15) is 33.3 Å². The van der Waals surface area contributed by atoms with Gasteiger partial charge in [-0.25, -0.2) is 4.39 Å². The number of rotatable bonds is 2. The molecule has 1 fully saturated rings. The van der Waals surface area contributed by atoms with Crippen LogP contribution in [0, 0.1) is 11.2 Å². The van der Waals surface area contributed by atoms with E-state index in [2.05, 4.69) is 10.3 Å². The minimum absolute atomic E-state index is 0.168. The van der Waals surface area contributed by atoms with E-state index in [1.807, 2.05) is 20.8 Å². The molecule has 0 bridgehead atoms. The third-order valence-corrected chi connectivity index (χ3v) is 3.51. The molecule has 1 N–H and O–H groups in total. The second-order valence-corrected chi connectivity index (χ2v) is 6.48. The van der Waals surface area contributed by atoms with Crippen molar-refractivity contribution in [2.24, 2.45) is 5.41 Å². The number of hydrogen-bond acceptors (Lipinski definition) is 3. The van der Waals surface area contributed by atoms with Gasteiger partial charge >= 0.3 is 0 Å². The van der Waals surface area contributed by atoms with E-state index in [0.717, 1.165) is 6.20 Å². The smallest absolute Gasteiger partial charge is 0.245 e. The second-order valence-electron chi connectivity index (χ2n) is 6.48. The first-order valence-electron chi connectivity index (χ1n) is 6.90. The molecule has 0 spiro atoms. The van der Waals surface area contributed by atoms with Crippen LogP contribution in [0.3, 0.4) is 0 Å². The van der Waals surface area contributed by atoms with Gasteiger partial charge in [0.2, 0.25) is 11.8 Å². The summed E-state index contributed by atoms with van der Waals surface area (Å²) in [6, 6.07) is 0.166. The minimum Gasteiger partial charge on any atom is -0.343 e. The van der Waals surface area contributed by atoms with Gasteiger partial charge in [-0.1, -0.05) is 20.8 Å². The predicted molar refractivity (Wildman–Crippen MR) is 75.6 cm³/mol. The molecule has 2 atom stereocenters. The van der Waals surface area contributed by atoms with E-state index >= 15 is 0 Å². The summed E-state index contributed by atoms with van der Waals surface area (Å²) >= 11 is 0. The zero-order chi connectivity index (χ0) is 15.8. The van der Waals surface area contributed by atoms with Crippen LogP contribution in [0.4, 0.5) is 4.39 Å². The van der Waals surface area contributed by atoms with Crippen molar-refractivity contribution in [1.82, 2.24) is 15.2 Å². The van der Waals surface area contributed by atoms with Crippen molar-refractivity contribution in [2.75, 3.05) is 0 Å². The lowest BCUT2D eigenvalue weighted by Gasteiger charge is -2.44. The Morgan fingerprint density at radius 3 is 2.57 bits per heavy atom. The third-order valence-electron chi connectivity index (χ3n) is 3.51. The van der Waals surface area contributed by atoms with Gasteiger partial charge in [0.1, 0.15) is 17.9 Å². The predicted octanol–water partition coefficient (Wildman–Crippen LogP) is 1.48. The summed E-state index contributed by atoms with van der Waals surface area (Å²) in [4.78, 5) is 30.0. The average Bonchev–Trinajstić information content (AvgIpc) is 2.34. The Morgan fingerprint density at radius 1 is 1.33 bits per heavy atom. The summed E-state index contributed by atoms with van der Waals surface area (Å²) < 4.78 is 13.3. The van der Waals surface area contributed by atoms with Crippen molar-refractivity contribution in [3.8, 4) is 0 Å². The average molecular weight is 293 g/mol. The van der Waals surface area contributed by atoms with Crippen molar-refractivity contribution in [3.05, 3.63) is 29.8 Å². The summed E-state index contributed by atoms with van der Waals surface area (Å²) in [5.41, 5.74) is 0.153. The lowest BCUT2D eigenvalue weighted by atomic mass is 9.83. The monoisotopic (exact) mass is 293 g/mol. The Kier molecular flexibility index (Phi) is 3.98. The molecule has 0 aliphatic carbocycles. The third kappa shape index (κ3) is 3.20. The summed E-state index contributed by atoms with van der Waals surface area (Å²) in [6.45, 7) is 7.52. The summed E-state index contributed by atoms with van der Waals surface area (Å²) in [5, 5.41) is 2.69. The molecular formula is C15H20FN3O2. The Morgan fingerprint density at radius 2 is 2.00 bits per heavy atom. The van der Waals surface area contributed by atoms with E-state index in [1.165, 1.54) is 17.2 Å². The Labute approximate surface area is 123 Å². The lowest BCUT2D eigenvalue weighted by Crippen LogP contribution is -2.65. The molecule has 21 heavy (non-hydrogen) atoms. The number of halogens is 1. The van der Waals surface area contributed by atoms with Gasteiger partial charge in [-0.3, -0.25) is 14.6 Å². The van der Waals surface area contributed by atoms with E-state index in [-0.39, 0.29) is 18.4 Å². The van der Waals surface area contributed by atoms with Crippen molar-refractivity contribution in [2.45, 2.75) is 46.3 Å². The molecule has 1 aromatic heterocycles. The molecule has 5 nitrogen and oxygen atoms in total. The van der Waals surface area contributed by atoms with Gasteiger partial charge < -0.3 is 10.2 Å². The van der Waals surface area contributed by atoms with Gasteiger partial charge in [-0.15, -0.1) is 0 Å². The zero-order valence-corrected chi connectivity index (χ0v) is 12.7. The van der Waals surface area contributed by atoms with Crippen molar-refractivity contribution in [3.63, 3.8) is 0 Å². The fourth-order valence-corrected chi connectivity index (χ4v) is 2.64. The SMILES string of the molecule is CC1NC(=O)C(C(C)(C)C)N(Cc2cncc(F)c2)C1=O. The van der Waals surface area contributed by atoms with Gasteiger partial charge in [0.15, 0.2) is 0 Å². The lowest BCUT2D eigenvalue weighted by molar-refractivity contribution is -0.154. The maximum Gasteiger partial charge on any atom is 0.245 e. The van der Waals surface area contributed by atoms with Crippen LogP contribution in [-0.4, -0.2) is 33.8 Å². The van der Waals surface area contributed by atoms with Gasteiger partial charge in [-0.05, 0) is 24.0 Å². The topological polar surface area (TPSA) is 62.3 Å². The van der Waals surface area contributed by atoms with Gasteiger partial charge in [0.05, 0.1) is 6.20 Å². The van der Waals surface area contributed by atoms with E-state index in [9.17, 15) is 14.0 Å². The van der Waals surface area contributed by atoms with Gasteiger partial charge in [0, 0.05) is 12.7 Å². The molecule has 1 aliphatic rings. The highest BCUT2D eigenvalue weighted by molar-refractivity contribution is 5.97. The summed E-state index contributed by atoms with van der Waals surface area (Å²) in [6.07, 6.45) is 2.62. The van der Waals surface area contributed by atoms with Crippen LogP contribution in [0.2, 0.25) is 0 Å². The molecule has 114 valence electrons. The van der Waals surface area contributed by atoms with Crippen LogP contribution in [0.25, 0.3) is 0 Å². The first kappa shape index (κ1) is 15.4. The highest BCUT2D eigenvalue weighted by Gasteiger charge is 2.44. The van der Waals surface area contributed by atoms with E-state index in [0.29, 0.717) is 5.56 Å². The Hall–Kier alpha value is -1.98. The van der Waals surface area contributed by atoms with Crippen molar-refractivity contribution < 1.29 is 14.0 Å². The number of carbonyl (C=O) groups is 2. The van der Waals surface area contributed by atoms with Crippen LogP contribution >= 0.6 is 0 Å². The summed E-state index contributed by atoms with van der Waals surface area (Å²) in [5.74, 6) is -0.806. The number of hydrogen-bond donors (Lipinski definition) is 1. The Balaban J connectivity index is 2.34. The van der Waals surface area contributed by atoms with Crippen molar-refractivity contribution in [1.29, 1.82) is 0 Å². The maximum absolute atomic E-state index is 13.3. The van der Waals surface area contributed by atoms with E-state index in [4.69, 9.17) is 0 Å². The number of carbonyl (C=O) groups excluding carboxylic acids is 2. The fraction of sp³-hybridized carbons (Fsp3) is 0.533. The standard InChI is InChI=1S/C15H20FN3O2/c1-9-14(21)19(8-10-5-11(16)7-17-6-10)12(13(20)18-9)15(2,3)4/h5-7,9,12H,8H2,1-4H3,(H,18,20). The molecule has 2 rings (SSSR count). The minimum atomic E-state index is -0.593. The quantitative estimate of drug-likeness (QED) is 0.898. The second kappa shape index (κ2) is 5.42. The fourth-order valence-electron chi connectivity index (χ4n) is 2.64. The largest absolute Gasteiger partial charge is 0.343 e. The molecule has 0 aromatic carbocycles. The molecule has 2 heterocycles. The van der Waals surface area contributed by atoms with Crippen LogP contribution in [0.15, 0.2) is 18.5 Å². The normalized spacial score (nSPS) is 23.2. The summed E-state index contributed by atoms with van der Waals surface area (Å²) in [7, 11) is 0. The number of aromatic nitrogens is 1. The Bertz CT molecular complexity index is 568. The molecule has 1 saturated heterocycles. The number of amides is 2. The first-order chi connectivity index (χ1) is 9.70. The number of nitrogens with zero attached hydrogens (tertiary/aromatic N) is 2. The number of nitrogens with one attached hydrogen (secondary N) is 1. The highest BCUT2D eigenvalue weighted by Crippen LogP contribution is 2.29. The van der Waals surface area contributed by atoms with Gasteiger partial charge in [-0.2, -0.15) is 0 Å². The van der Waals surface area contributed by atoms with Crippen molar-refractivity contribution >= 4 is 11.8 Å². The molecule has 1 aliphatic heterocycles. The van der Waals surface area contributed by atoms with E-state index < -0.39 is 23.3 Å². The molecule has 6 heteroatoms. The molecule has 0 saturated carbocycles. The zero-order valence-electron chi connectivity index (χ0n) is 12.7. The molecule has 2 amide bonds. The maximum atomic E-state index is 13.3. The van der Waals surface area contributed by atoms with Crippen LogP contribution in [0.5, 0.6) is 0 Å². The molecule has 0 radical (unpaired) electrons. The van der Waals surface area contributed by atoms with Crippen LogP contribution in [-0.2, 0) is 16.1 Å². The van der Waals surface area contributed by atoms with Crippen LogP contribution < -0.4 is 5.32 Å². The first-order valence-corrected chi connectivity index (χ1v) is 6.90. The molecular weight excluding hydrogens is 273 g/mol. The number of pyridine rings is 1. The highest BCUT2D eigenvalue weighted by atomic mass is 19.1. The number of piperazine rings is 1. The van der Waals surface area contributed by atoms with E-state index in [1.54, 1.807) is 6.92 Å². The molecule has 1 aromatic rings.